The summed E-state index contributed by atoms with van der Waals surface area (Å²) in [6.07, 6.45) is -1.03. The second-order valence-electron chi connectivity index (χ2n) is 5.07. The second-order valence-corrected chi connectivity index (χ2v) is 5.50. The number of hydrogen-bond acceptors (Lipinski definition) is 4. The third kappa shape index (κ3) is 4.47. The van der Waals surface area contributed by atoms with Crippen LogP contribution in [0.2, 0.25) is 5.02 Å². The van der Waals surface area contributed by atoms with Gasteiger partial charge in [0.05, 0.1) is 0 Å². The summed E-state index contributed by atoms with van der Waals surface area (Å²) in [6, 6.07) is 11.2. The maximum atomic E-state index is 12.0. The number of carbonyl (C=O) groups is 2. The van der Waals surface area contributed by atoms with E-state index in [9.17, 15) is 14.7 Å². The van der Waals surface area contributed by atoms with Crippen molar-refractivity contribution in [2.75, 3.05) is 5.32 Å². The van der Waals surface area contributed by atoms with Crippen molar-refractivity contribution in [2.24, 2.45) is 0 Å². The van der Waals surface area contributed by atoms with E-state index in [1.807, 2.05) is 0 Å². The van der Waals surface area contributed by atoms with E-state index in [-0.39, 0.29) is 11.3 Å². The average Bonchev–Trinajstić information content (AvgIpc) is 2.46. The first kappa shape index (κ1) is 16.8. The van der Waals surface area contributed by atoms with Crippen molar-refractivity contribution in [3.05, 3.63) is 58.6 Å². The number of rotatable bonds is 4. The van der Waals surface area contributed by atoms with Crippen molar-refractivity contribution in [1.29, 1.82) is 0 Å². The molecule has 5 nitrogen and oxygen atoms in total. The van der Waals surface area contributed by atoms with Crippen molar-refractivity contribution in [1.82, 2.24) is 0 Å². The molecule has 1 atom stereocenters. The maximum Gasteiger partial charge on any atom is 0.342 e. The summed E-state index contributed by atoms with van der Waals surface area (Å²) in [5.74, 6) is -1.44. The van der Waals surface area contributed by atoms with E-state index in [1.54, 1.807) is 37.3 Å². The maximum absolute atomic E-state index is 12.0. The fourth-order valence-corrected chi connectivity index (χ4v) is 2.09. The lowest BCUT2D eigenvalue weighted by molar-refractivity contribution is -0.123. The Morgan fingerprint density at radius 3 is 2.61 bits per heavy atom. The monoisotopic (exact) mass is 333 g/mol. The molecule has 2 aromatic rings. The molecular weight excluding hydrogens is 318 g/mol. The molecule has 0 aliphatic rings. The smallest absolute Gasteiger partial charge is 0.342 e. The van der Waals surface area contributed by atoms with E-state index in [0.29, 0.717) is 10.7 Å². The molecule has 0 aliphatic carbocycles. The van der Waals surface area contributed by atoms with Crippen LogP contribution in [0.25, 0.3) is 0 Å². The fourth-order valence-electron chi connectivity index (χ4n) is 1.90. The van der Waals surface area contributed by atoms with Crippen molar-refractivity contribution >= 4 is 29.2 Å². The van der Waals surface area contributed by atoms with Gasteiger partial charge in [-0.3, -0.25) is 4.79 Å². The molecule has 6 heteroatoms. The zero-order valence-corrected chi connectivity index (χ0v) is 13.4. The van der Waals surface area contributed by atoms with Crippen LogP contribution in [0.4, 0.5) is 5.69 Å². The fraction of sp³-hybridized carbons (Fsp3) is 0.176. The third-order valence-electron chi connectivity index (χ3n) is 3.12. The van der Waals surface area contributed by atoms with Crippen LogP contribution in [-0.4, -0.2) is 23.1 Å². The van der Waals surface area contributed by atoms with Gasteiger partial charge in [0.1, 0.15) is 11.3 Å². The number of esters is 1. The lowest BCUT2D eigenvalue weighted by Crippen LogP contribution is -2.30. The number of halogens is 1. The Hall–Kier alpha value is -2.53. The molecule has 0 aromatic heterocycles. The topological polar surface area (TPSA) is 75.6 Å². The van der Waals surface area contributed by atoms with Gasteiger partial charge < -0.3 is 15.2 Å². The molecule has 0 bridgehead atoms. The average molecular weight is 334 g/mol. The molecule has 0 radical (unpaired) electrons. The standard InChI is InChI=1S/C17H16ClNO4/c1-10-6-7-14(15(20)8-10)17(22)23-11(2)16(21)19-13-5-3-4-12(18)9-13/h3-9,11,20H,1-2H3,(H,19,21)/t11-/m1/s1. The van der Waals surface area contributed by atoms with Crippen molar-refractivity contribution < 1.29 is 19.4 Å². The Morgan fingerprint density at radius 1 is 1.22 bits per heavy atom. The first-order chi connectivity index (χ1) is 10.9. The molecule has 0 unspecified atom stereocenters. The Bertz CT molecular complexity index is 745. The predicted octanol–water partition coefficient (Wildman–Crippen LogP) is 3.54. The highest BCUT2D eigenvalue weighted by Crippen LogP contribution is 2.20. The van der Waals surface area contributed by atoms with Crippen LogP contribution < -0.4 is 5.32 Å². The van der Waals surface area contributed by atoms with Crippen LogP contribution in [-0.2, 0) is 9.53 Å². The SMILES string of the molecule is Cc1ccc(C(=O)O[C@H](C)C(=O)Nc2cccc(Cl)c2)c(O)c1. The summed E-state index contributed by atoms with van der Waals surface area (Å²) in [7, 11) is 0. The van der Waals surface area contributed by atoms with Crippen LogP contribution in [0.15, 0.2) is 42.5 Å². The molecule has 2 rings (SSSR count). The number of nitrogens with one attached hydrogen (secondary N) is 1. The van der Waals surface area contributed by atoms with Gasteiger partial charge in [0.2, 0.25) is 0 Å². The number of benzene rings is 2. The van der Waals surface area contributed by atoms with E-state index in [1.165, 1.54) is 19.1 Å². The predicted molar refractivity (Wildman–Crippen MR) is 87.8 cm³/mol. The summed E-state index contributed by atoms with van der Waals surface area (Å²) >= 11 is 5.84. The lowest BCUT2D eigenvalue weighted by atomic mass is 10.1. The van der Waals surface area contributed by atoms with Crippen molar-refractivity contribution in [3.63, 3.8) is 0 Å². The van der Waals surface area contributed by atoms with Gasteiger partial charge >= 0.3 is 5.97 Å². The second kappa shape index (κ2) is 7.15. The van der Waals surface area contributed by atoms with Gasteiger partial charge in [-0.2, -0.15) is 0 Å². The van der Waals surface area contributed by atoms with Gasteiger partial charge in [-0.25, -0.2) is 4.79 Å². The Balaban J connectivity index is 2.01. The molecular formula is C17H16ClNO4. The van der Waals surface area contributed by atoms with Crippen LogP contribution in [0.3, 0.4) is 0 Å². The molecule has 0 fully saturated rings. The highest BCUT2D eigenvalue weighted by atomic mass is 35.5. The van der Waals surface area contributed by atoms with E-state index < -0.39 is 18.0 Å². The quantitative estimate of drug-likeness (QED) is 0.839. The zero-order valence-electron chi connectivity index (χ0n) is 12.7. The Labute approximate surface area is 138 Å². The van der Waals surface area contributed by atoms with E-state index in [2.05, 4.69) is 5.32 Å². The number of phenols is 1. The van der Waals surface area contributed by atoms with Crippen molar-refractivity contribution in [2.45, 2.75) is 20.0 Å². The summed E-state index contributed by atoms with van der Waals surface area (Å²) in [5, 5.41) is 12.8. The van der Waals surface area contributed by atoms with Gasteiger partial charge in [-0.1, -0.05) is 23.7 Å². The largest absolute Gasteiger partial charge is 0.507 e. The number of aromatic hydroxyl groups is 1. The molecule has 0 aliphatic heterocycles. The van der Waals surface area contributed by atoms with E-state index in [0.717, 1.165) is 5.56 Å². The number of phenolic OH excluding ortho intramolecular Hbond substituents is 1. The molecule has 0 saturated heterocycles. The molecule has 1 amide bonds. The molecule has 0 saturated carbocycles. The first-order valence-corrected chi connectivity index (χ1v) is 7.31. The molecule has 120 valence electrons. The number of aryl methyl sites for hydroxylation is 1. The molecule has 23 heavy (non-hydrogen) atoms. The molecule has 0 spiro atoms. The van der Waals surface area contributed by atoms with Gasteiger partial charge in [0.15, 0.2) is 6.10 Å². The lowest BCUT2D eigenvalue weighted by Gasteiger charge is -2.14. The molecule has 0 heterocycles. The molecule has 2 N–H and O–H groups in total. The first-order valence-electron chi connectivity index (χ1n) is 6.94. The summed E-state index contributed by atoms with van der Waals surface area (Å²) in [4.78, 5) is 24.1. The van der Waals surface area contributed by atoms with Crippen LogP contribution in [0.5, 0.6) is 5.75 Å². The van der Waals surface area contributed by atoms with Gasteiger partial charge in [-0.15, -0.1) is 0 Å². The van der Waals surface area contributed by atoms with Crippen LogP contribution in [0, 0.1) is 6.92 Å². The van der Waals surface area contributed by atoms with Crippen molar-refractivity contribution in [3.8, 4) is 5.75 Å². The summed E-state index contributed by atoms with van der Waals surface area (Å²) in [5.41, 5.74) is 1.33. The number of ether oxygens (including phenoxy) is 1. The number of hydrogen-bond donors (Lipinski definition) is 2. The minimum absolute atomic E-state index is 0.0120. The minimum atomic E-state index is -1.03. The summed E-state index contributed by atoms with van der Waals surface area (Å²) < 4.78 is 5.08. The highest BCUT2D eigenvalue weighted by Gasteiger charge is 2.21. The van der Waals surface area contributed by atoms with Crippen LogP contribution >= 0.6 is 11.6 Å². The van der Waals surface area contributed by atoms with E-state index >= 15 is 0 Å². The van der Waals surface area contributed by atoms with Crippen LogP contribution in [0.1, 0.15) is 22.8 Å². The Kier molecular flexibility index (Phi) is 5.24. The molecule has 2 aromatic carbocycles. The summed E-state index contributed by atoms with van der Waals surface area (Å²) in [6.45, 7) is 3.24. The number of amides is 1. The van der Waals surface area contributed by atoms with E-state index in [4.69, 9.17) is 16.3 Å². The van der Waals surface area contributed by atoms with Gasteiger partial charge in [0, 0.05) is 10.7 Å². The number of anilines is 1. The van der Waals surface area contributed by atoms with Gasteiger partial charge in [-0.05, 0) is 49.7 Å². The van der Waals surface area contributed by atoms with Gasteiger partial charge in [0.25, 0.3) is 5.91 Å². The number of carbonyl (C=O) groups excluding carboxylic acids is 2. The zero-order chi connectivity index (χ0) is 17.0. The Morgan fingerprint density at radius 2 is 1.96 bits per heavy atom. The normalized spacial score (nSPS) is 11.6. The third-order valence-corrected chi connectivity index (χ3v) is 3.35. The minimum Gasteiger partial charge on any atom is -0.507 e. The highest BCUT2D eigenvalue weighted by molar-refractivity contribution is 6.30.